The van der Waals surface area contributed by atoms with Crippen molar-refractivity contribution >= 4 is 11.8 Å². The van der Waals surface area contributed by atoms with E-state index in [-0.39, 0.29) is 11.4 Å². The fraction of sp³-hybridized carbons (Fsp3) is 1.00. The van der Waals surface area contributed by atoms with E-state index in [1.165, 1.54) is 19.3 Å². The van der Waals surface area contributed by atoms with Gasteiger partial charge >= 0.3 is 0 Å². The van der Waals surface area contributed by atoms with E-state index in [0.717, 1.165) is 17.1 Å². The first-order chi connectivity index (χ1) is 6.44. The van der Waals surface area contributed by atoms with Gasteiger partial charge in [0.05, 0.1) is 6.61 Å². The Morgan fingerprint density at radius 1 is 1.21 bits per heavy atom. The van der Waals surface area contributed by atoms with Crippen molar-refractivity contribution in [3.8, 4) is 0 Å². The smallest absolute Gasteiger partial charge is 0.0572 e. The van der Waals surface area contributed by atoms with Crippen molar-refractivity contribution in [2.24, 2.45) is 11.8 Å². The van der Waals surface area contributed by atoms with Gasteiger partial charge in [-0.1, -0.05) is 13.8 Å². The maximum absolute atomic E-state index is 9.22. The Morgan fingerprint density at radius 3 is 2.36 bits per heavy atom. The second kappa shape index (κ2) is 4.89. The van der Waals surface area contributed by atoms with Crippen LogP contribution in [0.25, 0.3) is 0 Å². The van der Waals surface area contributed by atoms with Crippen molar-refractivity contribution in [3.05, 3.63) is 0 Å². The minimum atomic E-state index is 0.0466. The average Bonchev–Trinajstić information content (AvgIpc) is 2.11. The SMILES string of the molecule is CC1CCC(SC(C)(C)CO)CC1C. The van der Waals surface area contributed by atoms with Crippen LogP contribution in [0.4, 0.5) is 0 Å². The van der Waals surface area contributed by atoms with E-state index in [1.54, 1.807) is 0 Å². The largest absolute Gasteiger partial charge is 0.395 e. The summed E-state index contributed by atoms with van der Waals surface area (Å²) in [6.07, 6.45) is 4.02. The summed E-state index contributed by atoms with van der Waals surface area (Å²) in [5, 5.41) is 9.99. The molecule has 0 bridgehead atoms. The van der Waals surface area contributed by atoms with E-state index in [9.17, 15) is 5.11 Å². The van der Waals surface area contributed by atoms with Gasteiger partial charge in [-0.05, 0) is 44.9 Å². The molecule has 0 aromatic carbocycles. The van der Waals surface area contributed by atoms with Crippen molar-refractivity contribution < 1.29 is 5.11 Å². The summed E-state index contributed by atoms with van der Waals surface area (Å²) in [6, 6.07) is 0. The summed E-state index contributed by atoms with van der Waals surface area (Å²) in [4.78, 5) is 0. The molecule has 0 saturated heterocycles. The molecular weight excluding hydrogens is 192 g/mol. The van der Waals surface area contributed by atoms with Crippen LogP contribution in [0.2, 0.25) is 0 Å². The van der Waals surface area contributed by atoms with Gasteiger partial charge in [0.1, 0.15) is 0 Å². The number of hydrogen-bond acceptors (Lipinski definition) is 2. The monoisotopic (exact) mass is 216 g/mol. The molecule has 0 radical (unpaired) electrons. The zero-order chi connectivity index (χ0) is 10.8. The lowest BCUT2D eigenvalue weighted by Gasteiger charge is -2.35. The summed E-state index contributed by atoms with van der Waals surface area (Å²) >= 11 is 1.98. The van der Waals surface area contributed by atoms with Gasteiger partial charge in [0.2, 0.25) is 0 Å². The first-order valence-electron chi connectivity index (χ1n) is 5.73. The first-order valence-corrected chi connectivity index (χ1v) is 6.61. The van der Waals surface area contributed by atoms with E-state index in [1.807, 2.05) is 11.8 Å². The van der Waals surface area contributed by atoms with Crippen LogP contribution in [0.1, 0.15) is 47.0 Å². The molecule has 1 aliphatic carbocycles. The van der Waals surface area contributed by atoms with Crippen LogP contribution < -0.4 is 0 Å². The quantitative estimate of drug-likeness (QED) is 0.781. The molecule has 2 heteroatoms. The molecular formula is C12H24OS. The van der Waals surface area contributed by atoms with E-state index in [2.05, 4.69) is 27.7 Å². The van der Waals surface area contributed by atoms with Crippen LogP contribution in [0.15, 0.2) is 0 Å². The Balaban J connectivity index is 2.40. The zero-order valence-electron chi connectivity index (χ0n) is 9.92. The van der Waals surface area contributed by atoms with Crippen LogP contribution in [0.5, 0.6) is 0 Å². The third-order valence-electron chi connectivity index (χ3n) is 3.42. The van der Waals surface area contributed by atoms with Crippen molar-refractivity contribution in [1.82, 2.24) is 0 Å². The molecule has 1 aliphatic rings. The number of hydrogen-bond donors (Lipinski definition) is 1. The Kier molecular flexibility index (Phi) is 4.32. The van der Waals surface area contributed by atoms with Gasteiger partial charge < -0.3 is 5.11 Å². The van der Waals surface area contributed by atoms with Gasteiger partial charge in [-0.2, -0.15) is 0 Å². The predicted molar refractivity (Wildman–Crippen MR) is 64.7 cm³/mol. The van der Waals surface area contributed by atoms with Crippen LogP contribution in [0.3, 0.4) is 0 Å². The lowest BCUT2D eigenvalue weighted by Crippen LogP contribution is -2.29. The molecule has 0 amide bonds. The van der Waals surface area contributed by atoms with Crippen LogP contribution in [-0.4, -0.2) is 21.7 Å². The van der Waals surface area contributed by atoms with Gasteiger partial charge in [-0.3, -0.25) is 0 Å². The highest BCUT2D eigenvalue weighted by Gasteiger charge is 2.29. The molecule has 14 heavy (non-hydrogen) atoms. The minimum Gasteiger partial charge on any atom is -0.395 e. The fourth-order valence-corrected chi connectivity index (χ4v) is 3.72. The molecule has 3 atom stereocenters. The second-order valence-electron chi connectivity index (χ2n) is 5.43. The molecule has 1 fully saturated rings. The molecule has 84 valence electrons. The van der Waals surface area contributed by atoms with Crippen molar-refractivity contribution in [3.63, 3.8) is 0 Å². The van der Waals surface area contributed by atoms with E-state index in [4.69, 9.17) is 0 Å². The molecule has 1 nitrogen and oxygen atoms in total. The molecule has 0 spiro atoms. The fourth-order valence-electron chi connectivity index (χ4n) is 2.09. The molecule has 3 unspecified atom stereocenters. The summed E-state index contributed by atoms with van der Waals surface area (Å²) in [7, 11) is 0. The minimum absolute atomic E-state index is 0.0466. The highest BCUT2D eigenvalue weighted by Crippen LogP contribution is 2.40. The summed E-state index contributed by atoms with van der Waals surface area (Å²) < 4.78 is 0.0466. The summed E-state index contributed by atoms with van der Waals surface area (Å²) in [5.74, 6) is 1.75. The summed E-state index contributed by atoms with van der Waals surface area (Å²) in [6.45, 7) is 9.30. The van der Waals surface area contributed by atoms with Crippen molar-refractivity contribution in [1.29, 1.82) is 0 Å². The number of rotatable bonds is 3. The van der Waals surface area contributed by atoms with Crippen LogP contribution >= 0.6 is 11.8 Å². The first kappa shape index (κ1) is 12.4. The zero-order valence-corrected chi connectivity index (χ0v) is 10.7. The Morgan fingerprint density at radius 2 is 1.86 bits per heavy atom. The predicted octanol–water partition coefficient (Wildman–Crippen LogP) is 3.32. The van der Waals surface area contributed by atoms with E-state index >= 15 is 0 Å². The van der Waals surface area contributed by atoms with Gasteiger partial charge in [-0.25, -0.2) is 0 Å². The van der Waals surface area contributed by atoms with E-state index < -0.39 is 0 Å². The van der Waals surface area contributed by atoms with Gasteiger partial charge in [0.25, 0.3) is 0 Å². The molecule has 0 aromatic rings. The highest BCUT2D eigenvalue weighted by molar-refractivity contribution is 8.01. The average molecular weight is 216 g/mol. The van der Waals surface area contributed by atoms with Crippen molar-refractivity contribution in [2.75, 3.05) is 6.61 Å². The van der Waals surface area contributed by atoms with Gasteiger partial charge in [-0.15, -0.1) is 11.8 Å². The van der Waals surface area contributed by atoms with E-state index in [0.29, 0.717) is 0 Å². The standard InChI is InChI=1S/C12H24OS/c1-9-5-6-11(7-10(9)2)14-12(3,4)8-13/h9-11,13H,5-8H2,1-4H3. The molecule has 0 aliphatic heterocycles. The number of aliphatic hydroxyl groups is 1. The van der Waals surface area contributed by atoms with Crippen LogP contribution in [-0.2, 0) is 0 Å². The molecule has 1 rings (SSSR count). The lowest BCUT2D eigenvalue weighted by atomic mass is 9.81. The third kappa shape index (κ3) is 3.47. The maximum Gasteiger partial charge on any atom is 0.0572 e. The van der Waals surface area contributed by atoms with Crippen LogP contribution in [0, 0.1) is 11.8 Å². The summed E-state index contributed by atoms with van der Waals surface area (Å²) in [5.41, 5.74) is 0. The Bertz CT molecular complexity index is 179. The van der Waals surface area contributed by atoms with Crippen molar-refractivity contribution in [2.45, 2.75) is 57.0 Å². The Hall–Kier alpha value is 0.310. The lowest BCUT2D eigenvalue weighted by molar-refractivity contribution is 0.259. The molecule has 0 heterocycles. The van der Waals surface area contributed by atoms with Gasteiger partial charge in [0, 0.05) is 10.00 Å². The number of thioether (sulfide) groups is 1. The molecule has 0 aromatic heterocycles. The number of aliphatic hydroxyl groups excluding tert-OH is 1. The maximum atomic E-state index is 9.22. The Labute approximate surface area is 92.7 Å². The third-order valence-corrected chi connectivity index (χ3v) is 4.95. The molecule has 1 N–H and O–H groups in total. The molecule has 1 saturated carbocycles. The highest BCUT2D eigenvalue weighted by atomic mass is 32.2. The topological polar surface area (TPSA) is 20.2 Å². The second-order valence-corrected chi connectivity index (χ2v) is 7.43. The normalized spacial score (nSPS) is 34.5. The van der Waals surface area contributed by atoms with Gasteiger partial charge in [0.15, 0.2) is 0 Å².